The Morgan fingerprint density at radius 1 is 1.10 bits per heavy atom. The maximum Gasteiger partial charge on any atom is 0.416 e. The minimum absolute atomic E-state index is 0.0745. The number of nitrogens with two attached hydrogens (primary N) is 1. The molecule has 5 N–H and O–H groups in total. The lowest BCUT2D eigenvalue weighted by Crippen LogP contribution is -2.49. The van der Waals surface area contributed by atoms with E-state index in [4.69, 9.17) is 5.73 Å². The summed E-state index contributed by atoms with van der Waals surface area (Å²) in [5.74, 6) is -4.31. The van der Waals surface area contributed by atoms with Crippen LogP contribution in [0.2, 0.25) is 0 Å². The number of aliphatic hydroxyl groups excluding tert-OH is 1. The van der Waals surface area contributed by atoms with Crippen LogP contribution in [-0.2, 0) is 22.2 Å². The number of hydrogen-bond donors (Lipinski definition) is 4. The van der Waals surface area contributed by atoms with Gasteiger partial charge in [-0.05, 0) is 30.2 Å². The van der Waals surface area contributed by atoms with Gasteiger partial charge in [0.1, 0.15) is 11.9 Å². The summed E-state index contributed by atoms with van der Waals surface area (Å²) in [6.45, 7) is 0. The van der Waals surface area contributed by atoms with E-state index in [1.54, 1.807) is 30.3 Å². The summed E-state index contributed by atoms with van der Waals surface area (Å²) in [7, 11) is 0. The first-order chi connectivity index (χ1) is 13.5. The lowest BCUT2D eigenvalue weighted by atomic mass is 9.99. The zero-order chi connectivity index (χ0) is 21.8. The van der Waals surface area contributed by atoms with Gasteiger partial charge in [-0.1, -0.05) is 30.3 Å². The van der Waals surface area contributed by atoms with Crippen molar-refractivity contribution in [2.75, 3.05) is 0 Å². The van der Waals surface area contributed by atoms with Crippen molar-refractivity contribution in [2.45, 2.75) is 30.8 Å². The van der Waals surface area contributed by atoms with E-state index >= 15 is 0 Å². The van der Waals surface area contributed by atoms with Gasteiger partial charge in [0.05, 0.1) is 5.56 Å². The first kappa shape index (κ1) is 22.3. The SMILES string of the molecule is N[C@H](Cc1ccccc1)[C@H](O)C(=O)NC(C(=O)O)c1cc(C(F)(F)F)ccc1F. The molecule has 0 spiro atoms. The average Bonchev–Trinajstić information content (AvgIpc) is 2.65. The Morgan fingerprint density at radius 3 is 2.28 bits per heavy atom. The molecule has 0 saturated carbocycles. The molecular weight excluding hydrogens is 396 g/mol. The van der Waals surface area contributed by atoms with Gasteiger partial charge < -0.3 is 21.3 Å². The molecule has 0 bridgehead atoms. The molecule has 6 nitrogen and oxygen atoms in total. The van der Waals surface area contributed by atoms with Gasteiger partial charge in [0.2, 0.25) is 0 Å². The van der Waals surface area contributed by atoms with Crippen LogP contribution in [0.3, 0.4) is 0 Å². The molecule has 2 aromatic carbocycles. The predicted octanol–water partition coefficient (Wildman–Crippen LogP) is 2.02. The molecule has 1 unspecified atom stereocenters. The largest absolute Gasteiger partial charge is 0.479 e. The topological polar surface area (TPSA) is 113 Å². The standard InChI is InChI=1S/C19H18F4N2O4/c20-13-7-6-11(19(21,22)23)9-12(13)15(18(28)29)25-17(27)16(26)14(24)8-10-4-2-1-3-5-10/h1-7,9,14-16,26H,8,24H2,(H,25,27)(H,28,29)/t14-,15?,16+/m1/s1. The lowest BCUT2D eigenvalue weighted by molar-refractivity contribution is -0.144. The van der Waals surface area contributed by atoms with Crippen molar-refractivity contribution in [3.05, 3.63) is 71.0 Å². The molecule has 2 rings (SSSR count). The summed E-state index contributed by atoms with van der Waals surface area (Å²) in [5.41, 5.74) is 4.29. The van der Waals surface area contributed by atoms with Crippen LogP contribution in [0.5, 0.6) is 0 Å². The third-order valence-corrected chi connectivity index (χ3v) is 4.16. The summed E-state index contributed by atoms with van der Waals surface area (Å²) < 4.78 is 52.6. The van der Waals surface area contributed by atoms with E-state index in [-0.39, 0.29) is 6.42 Å². The van der Waals surface area contributed by atoms with Crippen LogP contribution in [-0.4, -0.2) is 34.2 Å². The zero-order valence-corrected chi connectivity index (χ0v) is 14.9. The average molecular weight is 414 g/mol. The lowest BCUT2D eigenvalue weighted by Gasteiger charge is -2.22. The van der Waals surface area contributed by atoms with Crippen LogP contribution in [0.15, 0.2) is 48.5 Å². The highest BCUT2D eigenvalue weighted by Crippen LogP contribution is 2.32. The Bertz CT molecular complexity index is 874. The van der Waals surface area contributed by atoms with E-state index in [9.17, 15) is 37.4 Å². The molecule has 0 aliphatic heterocycles. The Labute approximate surface area is 163 Å². The van der Waals surface area contributed by atoms with E-state index in [0.717, 1.165) is 0 Å². The highest BCUT2D eigenvalue weighted by Gasteiger charge is 2.35. The van der Waals surface area contributed by atoms with Crippen molar-refractivity contribution >= 4 is 11.9 Å². The number of nitrogens with one attached hydrogen (secondary N) is 1. The van der Waals surface area contributed by atoms with Gasteiger partial charge in [-0.2, -0.15) is 13.2 Å². The van der Waals surface area contributed by atoms with Gasteiger partial charge in [0.15, 0.2) is 6.04 Å². The number of halogens is 4. The van der Waals surface area contributed by atoms with Crippen molar-refractivity contribution in [3.8, 4) is 0 Å². The number of amides is 1. The molecule has 0 aromatic heterocycles. The van der Waals surface area contributed by atoms with Crippen molar-refractivity contribution < 1.29 is 37.4 Å². The number of carbonyl (C=O) groups is 2. The first-order valence-corrected chi connectivity index (χ1v) is 8.38. The van der Waals surface area contributed by atoms with Gasteiger partial charge in [-0.15, -0.1) is 0 Å². The molecule has 0 radical (unpaired) electrons. The second kappa shape index (κ2) is 9.01. The van der Waals surface area contributed by atoms with E-state index in [1.165, 1.54) is 0 Å². The molecule has 3 atom stereocenters. The maximum atomic E-state index is 14.0. The fraction of sp³-hybridized carbons (Fsp3) is 0.263. The van der Waals surface area contributed by atoms with E-state index in [0.29, 0.717) is 23.8 Å². The zero-order valence-electron chi connectivity index (χ0n) is 14.9. The Hall–Kier alpha value is -2.98. The molecule has 0 aliphatic carbocycles. The van der Waals surface area contributed by atoms with Gasteiger partial charge in [-0.3, -0.25) is 4.79 Å². The summed E-state index contributed by atoms with van der Waals surface area (Å²) in [6, 6.07) is 6.50. The number of carboxylic acid groups (broad SMARTS) is 1. The quantitative estimate of drug-likeness (QED) is 0.518. The summed E-state index contributed by atoms with van der Waals surface area (Å²) in [6.07, 6.45) is -6.64. The van der Waals surface area contributed by atoms with Crippen LogP contribution in [0.4, 0.5) is 17.6 Å². The minimum atomic E-state index is -4.84. The van der Waals surface area contributed by atoms with E-state index < -0.39 is 53.2 Å². The number of carboxylic acids is 1. The van der Waals surface area contributed by atoms with Gasteiger partial charge in [-0.25, -0.2) is 9.18 Å². The monoisotopic (exact) mass is 414 g/mol. The van der Waals surface area contributed by atoms with Crippen molar-refractivity contribution in [1.82, 2.24) is 5.32 Å². The van der Waals surface area contributed by atoms with Crippen LogP contribution in [0.25, 0.3) is 0 Å². The molecule has 0 saturated heterocycles. The van der Waals surface area contributed by atoms with E-state index in [2.05, 4.69) is 0 Å². The molecule has 10 heteroatoms. The van der Waals surface area contributed by atoms with Gasteiger partial charge in [0, 0.05) is 11.6 Å². The molecule has 2 aromatic rings. The summed E-state index contributed by atoms with van der Waals surface area (Å²) in [4.78, 5) is 23.7. The summed E-state index contributed by atoms with van der Waals surface area (Å²) in [5, 5.41) is 21.2. The molecule has 0 fully saturated rings. The minimum Gasteiger partial charge on any atom is -0.479 e. The molecular formula is C19H18F4N2O4. The second-order valence-corrected chi connectivity index (χ2v) is 6.31. The van der Waals surface area contributed by atoms with Crippen molar-refractivity contribution in [2.24, 2.45) is 5.73 Å². The normalized spacial score (nSPS) is 14.7. The number of aliphatic hydroxyl groups is 1. The maximum absolute atomic E-state index is 14.0. The Balaban J connectivity index is 2.20. The highest BCUT2D eigenvalue weighted by molar-refractivity contribution is 5.87. The van der Waals surface area contributed by atoms with Crippen LogP contribution >= 0.6 is 0 Å². The number of rotatable bonds is 7. The molecule has 0 aliphatic rings. The summed E-state index contributed by atoms with van der Waals surface area (Å²) >= 11 is 0. The first-order valence-electron chi connectivity index (χ1n) is 8.38. The predicted molar refractivity (Wildman–Crippen MR) is 94.0 cm³/mol. The smallest absolute Gasteiger partial charge is 0.416 e. The Kier molecular flexibility index (Phi) is 6.93. The van der Waals surface area contributed by atoms with Gasteiger partial charge in [0.25, 0.3) is 5.91 Å². The second-order valence-electron chi connectivity index (χ2n) is 6.31. The number of aliphatic carboxylic acids is 1. The number of hydrogen-bond acceptors (Lipinski definition) is 4. The Morgan fingerprint density at radius 2 is 1.72 bits per heavy atom. The highest BCUT2D eigenvalue weighted by atomic mass is 19.4. The molecule has 29 heavy (non-hydrogen) atoms. The molecule has 1 amide bonds. The van der Waals surface area contributed by atoms with Crippen LogP contribution < -0.4 is 11.1 Å². The van der Waals surface area contributed by atoms with Crippen LogP contribution in [0, 0.1) is 5.82 Å². The third kappa shape index (κ3) is 5.75. The molecule has 156 valence electrons. The van der Waals surface area contributed by atoms with Crippen molar-refractivity contribution in [3.63, 3.8) is 0 Å². The fourth-order valence-electron chi connectivity index (χ4n) is 2.63. The number of carbonyl (C=O) groups excluding carboxylic acids is 1. The van der Waals surface area contributed by atoms with E-state index in [1.807, 2.05) is 5.32 Å². The fourth-order valence-corrected chi connectivity index (χ4v) is 2.63. The number of alkyl halides is 3. The van der Waals surface area contributed by atoms with Crippen LogP contribution in [0.1, 0.15) is 22.7 Å². The molecule has 0 heterocycles. The number of benzene rings is 2. The van der Waals surface area contributed by atoms with Crippen molar-refractivity contribution in [1.29, 1.82) is 0 Å². The van der Waals surface area contributed by atoms with Gasteiger partial charge >= 0.3 is 12.1 Å². The third-order valence-electron chi connectivity index (χ3n) is 4.16.